The minimum atomic E-state index is -0.107. The number of hydrogen-bond donors (Lipinski definition) is 2. The number of amides is 2. The molecule has 0 radical (unpaired) electrons. The number of carbonyl (C=O) groups excluding carboxylic acids is 1. The Morgan fingerprint density at radius 1 is 1.17 bits per heavy atom. The summed E-state index contributed by atoms with van der Waals surface area (Å²) in [6.07, 6.45) is 3.48. The van der Waals surface area contributed by atoms with Crippen LogP contribution in [0.25, 0.3) is 0 Å². The third-order valence-corrected chi connectivity index (χ3v) is 4.48. The molecule has 1 heterocycles. The molecule has 1 aliphatic carbocycles. The average Bonchev–Trinajstić information content (AvgIpc) is 3.33. The fourth-order valence-corrected chi connectivity index (χ4v) is 3.14. The van der Waals surface area contributed by atoms with E-state index in [1.54, 1.807) is 0 Å². The summed E-state index contributed by atoms with van der Waals surface area (Å²) in [5.41, 5.74) is 5.15. The zero-order valence-electron chi connectivity index (χ0n) is 13.9. The first-order chi connectivity index (χ1) is 11.1. The lowest BCUT2D eigenvalue weighted by Crippen LogP contribution is -2.36. The molecule has 2 aromatic rings. The van der Waals surface area contributed by atoms with Crippen molar-refractivity contribution >= 4 is 6.03 Å². The third-order valence-electron chi connectivity index (χ3n) is 4.48. The van der Waals surface area contributed by atoms with Crippen molar-refractivity contribution in [2.24, 2.45) is 0 Å². The molecular weight excluding hydrogens is 286 g/mol. The number of nitrogens with zero attached hydrogens (tertiary/aromatic N) is 1. The maximum absolute atomic E-state index is 11.9. The molecule has 122 valence electrons. The van der Waals surface area contributed by atoms with E-state index in [2.05, 4.69) is 35.1 Å². The van der Waals surface area contributed by atoms with Gasteiger partial charge in [-0.15, -0.1) is 0 Å². The molecule has 0 unspecified atom stereocenters. The van der Waals surface area contributed by atoms with Crippen LogP contribution in [-0.2, 0) is 13.0 Å². The van der Waals surface area contributed by atoms with Gasteiger partial charge in [0, 0.05) is 30.5 Å². The van der Waals surface area contributed by atoms with E-state index in [9.17, 15) is 4.79 Å². The van der Waals surface area contributed by atoms with Crippen molar-refractivity contribution < 1.29 is 4.79 Å². The zero-order chi connectivity index (χ0) is 16.2. The summed E-state index contributed by atoms with van der Waals surface area (Å²) < 4.78 is 2.45. The number of aryl methyl sites for hydroxylation is 1. The Kier molecular flexibility index (Phi) is 4.70. The molecule has 1 aromatic heterocycles. The Hall–Kier alpha value is -2.23. The van der Waals surface area contributed by atoms with Crippen LogP contribution in [0.1, 0.15) is 41.4 Å². The van der Waals surface area contributed by atoms with Crippen LogP contribution in [0.4, 0.5) is 4.79 Å². The topological polar surface area (TPSA) is 46.1 Å². The van der Waals surface area contributed by atoms with Gasteiger partial charge in [-0.25, -0.2) is 4.79 Å². The number of hydrogen-bond acceptors (Lipinski definition) is 1. The summed E-state index contributed by atoms with van der Waals surface area (Å²) in [4.78, 5) is 11.9. The summed E-state index contributed by atoms with van der Waals surface area (Å²) in [5.74, 6) is 0. The van der Waals surface area contributed by atoms with Crippen LogP contribution in [0.3, 0.4) is 0 Å². The quantitative estimate of drug-likeness (QED) is 0.843. The lowest BCUT2D eigenvalue weighted by molar-refractivity contribution is 0.240. The van der Waals surface area contributed by atoms with E-state index in [1.807, 2.05) is 30.3 Å². The third kappa shape index (κ3) is 3.95. The number of aromatic nitrogens is 1. The monoisotopic (exact) mass is 311 g/mol. The predicted molar refractivity (Wildman–Crippen MR) is 92.6 cm³/mol. The van der Waals surface area contributed by atoms with Gasteiger partial charge < -0.3 is 15.2 Å². The highest BCUT2D eigenvalue weighted by molar-refractivity contribution is 5.73. The maximum atomic E-state index is 11.9. The van der Waals surface area contributed by atoms with Crippen LogP contribution < -0.4 is 10.6 Å². The number of rotatable bonds is 6. The second-order valence-electron chi connectivity index (χ2n) is 6.34. The van der Waals surface area contributed by atoms with Crippen molar-refractivity contribution in [3.05, 3.63) is 58.9 Å². The minimum Gasteiger partial charge on any atom is -0.346 e. The van der Waals surface area contributed by atoms with Gasteiger partial charge in [-0.05, 0) is 50.3 Å². The fraction of sp³-hybridized carbons (Fsp3) is 0.421. The SMILES string of the molecule is Cc1cc(CCNC(=O)NCc2ccccc2)c(C)n1C1CC1. The Bertz CT molecular complexity index is 671. The predicted octanol–water partition coefficient (Wildman–Crippen LogP) is 3.48. The summed E-state index contributed by atoms with van der Waals surface area (Å²) in [5, 5.41) is 5.83. The number of benzene rings is 1. The van der Waals surface area contributed by atoms with Crippen LogP contribution in [0.15, 0.2) is 36.4 Å². The van der Waals surface area contributed by atoms with E-state index < -0.39 is 0 Å². The Labute approximate surface area is 137 Å². The molecule has 0 atom stereocenters. The molecule has 0 bridgehead atoms. The van der Waals surface area contributed by atoms with E-state index in [-0.39, 0.29) is 6.03 Å². The highest BCUT2D eigenvalue weighted by Gasteiger charge is 2.26. The first kappa shape index (κ1) is 15.7. The molecule has 1 fully saturated rings. The fourth-order valence-electron chi connectivity index (χ4n) is 3.14. The molecule has 0 saturated heterocycles. The van der Waals surface area contributed by atoms with E-state index in [1.165, 1.54) is 29.8 Å². The lowest BCUT2D eigenvalue weighted by atomic mass is 10.2. The van der Waals surface area contributed by atoms with Crippen molar-refractivity contribution in [3.63, 3.8) is 0 Å². The second-order valence-corrected chi connectivity index (χ2v) is 6.34. The highest BCUT2D eigenvalue weighted by Crippen LogP contribution is 2.38. The molecule has 2 amide bonds. The van der Waals surface area contributed by atoms with Gasteiger partial charge in [0.2, 0.25) is 0 Å². The first-order valence-corrected chi connectivity index (χ1v) is 8.38. The minimum absolute atomic E-state index is 0.107. The summed E-state index contributed by atoms with van der Waals surface area (Å²) in [6.45, 7) is 5.59. The molecule has 2 N–H and O–H groups in total. The largest absolute Gasteiger partial charge is 0.346 e. The maximum Gasteiger partial charge on any atom is 0.315 e. The molecule has 1 aliphatic rings. The standard InChI is InChI=1S/C19H25N3O/c1-14-12-17(15(2)22(14)18-8-9-18)10-11-20-19(23)21-13-16-6-4-3-5-7-16/h3-7,12,18H,8-11,13H2,1-2H3,(H2,20,21,23). The molecule has 4 nitrogen and oxygen atoms in total. The van der Waals surface area contributed by atoms with Crippen LogP contribution in [-0.4, -0.2) is 17.1 Å². The van der Waals surface area contributed by atoms with Gasteiger partial charge in [-0.3, -0.25) is 0 Å². The Morgan fingerprint density at radius 2 is 1.91 bits per heavy atom. The van der Waals surface area contributed by atoms with Gasteiger partial charge in [0.25, 0.3) is 0 Å². The number of nitrogens with one attached hydrogen (secondary N) is 2. The van der Waals surface area contributed by atoms with E-state index >= 15 is 0 Å². The lowest BCUT2D eigenvalue weighted by Gasteiger charge is -2.09. The first-order valence-electron chi connectivity index (χ1n) is 8.38. The highest BCUT2D eigenvalue weighted by atomic mass is 16.2. The summed E-state index contributed by atoms with van der Waals surface area (Å²) >= 11 is 0. The Morgan fingerprint density at radius 3 is 2.61 bits per heavy atom. The van der Waals surface area contributed by atoms with Crippen molar-refractivity contribution in [1.82, 2.24) is 15.2 Å². The molecule has 1 aromatic carbocycles. The zero-order valence-corrected chi connectivity index (χ0v) is 13.9. The van der Waals surface area contributed by atoms with Crippen molar-refractivity contribution in [3.8, 4) is 0 Å². The molecular formula is C19H25N3O. The van der Waals surface area contributed by atoms with Crippen LogP contribution >= 0.6 is 0 Å². The van der Waals surface area contributed by atoms with E-state index in [0.29, 0.717) is 19.1 Å². The van der Waals surface area contributed by atoms with Gasteiger partial charge in [-0.1, -0.05) is 30.3 Å². The van der Waals surface area contributed by atoms with Gasteiger partial charge in [0.15, 0.2) is 0 Å². The van der Waals surface area contributed by atoms with Crippen molar-refractivity contribution in [2.75, 3.05) is 6.54 Å². The van der Waals surface area contributed by atoms with Gasteiger partial charge in [-0.2, -0.15) is 0 Å². The molecule has 0 spiro atoms. The number of urea groups is 1. The van der Waals surface area contributed by atoms with Crippen molar-refractivity contribution in [2.45, 2.75) is 45.7 Å². The average molecular weight is 311 g/mol. The van der Waals surface area contributed by atoms with Crippen LogP contribution in [0, 0.1) is 13.8 Å². The van der Waals surface area contributed by atoms with E-state index in [0.717, 1.165) is 12.0 Å². The van der Waals surface area contributed by atoms with Gasteiger partial charge >= 0.3 is 6.03 Å². The molecule has 3 rings (SSSR count). The van der Waals surface area contributed by atoms with E-state index in [4.69, 9.17) is 0 Å². The molecule has 23 heavy (non-hydrogen) atoms. The smallest absolute Gasteiger partial charge is 0.315 e. The normalized spacial score (nSPS) is 13.8. The van der Waals surface area contributed by atoms with Crippen LogP contribution in [0.5, 0.6) is 0 Å². The molecule has 4 heteroatoms. The molecule has 0 aliphatic heterocycles. The van der Waals surface area contributed by atoms with Gasteiger partial charge in [0.05, 0.1) is 0 Å². The second kappa shape index (κ2) is 6.90. The Balaban J connectivity index is 1.44. The van der Waals surface area contributed by atoms with Crippen LogP contribution in [0.2, 0.25) is 0 Å². The van der Waals surface area contributed by atoms with Gasteiger partial charge in [0.1, 0.15) is 0 Å². The molecule has 1 saturated carbocycles. The van der Waals surface area contributed by atoms with Crippen molar-refractivity contribution in [1.29, 1.82) is 0 Å². The number of carbonyl (C=O) groups is 1. The summed E-state index contributed by atoms with van der Waals surface area (Å²) in [7, 11) is 0. The summed E-state index contributed by atoms with van der Waals surface area (Å²) in [6, 6.07) is 12.8.